The molecule has 0 aliphatic rings. The van der Waals surface area contributed by atoms with Gasteiger partial charge in [0.05, 0.1) is 6.54 Å². The summed E-state index contributed by atoms with van der Waals surface area (Å²) in [4.78, 5) is 0. The molecule has 4 nitrogen and oxygen atoms in total. The summed E-state index contributed by atoms with van der Waals surface area (Å²) < 4.78 is 27.2. The third-order valence-corrected chi connectivity index (χ3v) is 2.16. The minimum atomic E-state index is -0.883. The Labute approximate surface area is 88.5 Å². The van der Waals surface area contributed by atoms with Crippen LogP contribution in [-0.4, -0.2) is 20.2 Å². The summed E-state index contributed by atoms with van der Waals surface area (Å²) in [6.45, 7) is 0.281. The van der Waals surface area contributed by atoms with Gasteiger partial charge in [0.25, 0.3) is 0 Å². The van der Waals surface area contributed by atoms with E-state index in [9.17, 15) is 8.78 Å². The van der Waals surface area contributed by atoms with Gasteiger partial charge in [-0.25, -0.2) is 13.5 Å². The molecule has 0 bridgehead atoms. The van der Waals surface area contributed by atoms with E-state index in [1.54, 1.807) is 0 Å². The Balaban J connectivity index is 2.29. The average molecular weight is 228 g/mol. The van der Waals surface area contributed by atoms with Gasteiger partial charge in [-0.1, -0.05) is 16.4 Å². The monoisotopic (exact) mass is 228 g/mol. The van der Waals surface area contributed by atoms with Crippen LogP contribution in [0.3, 0.4) is 0 Å². The largest absolute Gasteiger partial charge is 0.238 e. The van der Waals surface area contributed by atoms with Gasteiger partial charge in [-0.2, -0.15) is 5.21 Å². The lowest BCUT2D eigenvalue weighted by molar-refractivity contribution is 0.505. The Kier molecular flexibility index (Phi) is 2.55. The molecule has 0 fully saturated rings. The quantitative estimate of drug-likeness (QED) is 0.795. The minimum absolute atomic E-state index is 0.264. The van der Waals surface area contributed by atoms with Crippen molar-refractivity contribution in [3.63, 3.8) is 0 Å². The summed E-state index contributed by atoms with van der Waals surface area (Å²) in [7, 11) is 0. The Bertz CT molecular complexity index is 533. The van der Waals surface area contributed by atoms with Crippen LogP contribution in [-0.2, 0) is 6.54 Å². The molecular formula is C8H6F2N4S. The summed E-state index contributed by atoms with van der Waals surface area (Å²) >= 11 is 4.83. The molecule has 1 N–H and O–H groups in total. The maximum atomic E-state index is 12.9. The minimum Gasteiger partial charge on any atom is -0.238 e. The maximum absolute atomic E-state index is 12.9. The van der Waals surface area contributed by atoms with E-state index in [0.717, 1.165) is 12.1 Å². The van der Waals surface area contributed by atoms with Gasteiger partial charge >= 0.3 is 0 Å². The fourth-order valence-electron chi connectivity index (χ4n) is 1.14. The van der Waals surface area contributed by atoms with Crippen LogP contribution in [0.2, 0.25) is 0 Å². The highest BCUT2D eigenvalue weighted by atomic mass is 32.1. The van der Waals surface area contributed by atoms with E-state index in [1.807, 2.05) is 0 Å². The van der Waals surface area contributed by atoms with Crippen molar-refractivity contribution < 1.29 is 8.78 Å². The van der Waals surface area contributed by atoms with Gasteiger partial charge in [0, 0.05) is 0 Å². The van der Waals surface area contributed by atoms with Crippen LogP contribution in [0.4, 0.5) is 8.78 Å². The van der Waals surface area contributed by atoms with Crippen LogP contribution < -0.4 is 0 Å². The molecule has 0 aliphatic heterocycles. The zero-order valence-corrected chi connectivity index (χ0v) is 8.26. The summed E-state index contributed by atoms with van der Waals surface area (Å²) in [5.74, 6) is -1.75. The Morgan fingerprint density at radius 3 is 2.73 bits per heavy atom. The van der Waals surface area contributed by atoms with Gasteiger partial charge < -0.3 is 0 Å². The zero-order chi connectivity index (χ0) is 10.8. The predicted octanol–water partition coefficient (Wildman–Crippen LogP) is 1.66. The second kappa shape index (κ2) is 3.85. The summed E-state index contributed by atoms with van der Waals surface area (Å²) in [5, 5.41) is 9.55. The molecule has 78 valence electrons. The lowest BCUT2D eigenvalue weighted by Crippen LogP contribution is -2.02. The van der Waals surface area contributed by atoms with E-state index in [1.165, 1.54) is 10.7 Å². The number of tetrazole rings is 1. The van der Waals surface area contributed by atoms with Crippen molar-refractivity contribution in [3.8, 4) is 0 Å². The number of nitrogens with one attached hydrogen (secondary N) is 1. The fourth-order valence-corrected chi connectivity index (χ4v) is 1.29. The standard InChI is InChI=1S/C8H6F2N4S/c9-6-2-1-5(3-7(6)10)4-14-8(15)11-12-13-14/h1-3H,4H2,(H,11,13,15). The van der Waals surface area contributed by atoms with Crippen LogP contribution in [0.15, 0.2) is 18.2 Å². The number of rotatable bonds is 2. The molecule has 1 aromatic carbocycles. The van der Waals surface area contributed by atoms with Crippen molar-refractivity contribution in [2.75, 3.05) is 0 Å². The molecular weight excluding hydrogens is 222 g/mol. The van der Waals surface area contributed by atoms with Gasteiger partial charge in [-0.3, -0.25) is 0 Å². The highest BCUT2D eigenvalue weighted by molar-refractivity contribution is 7.71. The molecule has 0 saturated carbocycles. The van der Waals surface area contributed by atoms with Crippen LogP contribution >= 0.6 is 12.2 Å². The molecule has 15 heavy (non-hydrogen) atoms. The smallest absolute Gasteiger partial charge is 0.238 e. The van der Waals surface area contributed by atoms with E-state index < -0.39 is 11.6 Å². The van der Waals surface area contributed by atoms with Crippen LogP contribution in [0, 0.1) is 16.4 Å². The number of benzene rings is 1. The highest BCUT2D eigenvalue weighted by Gasteiger charge is 2.03. The van der Waals surface area contributed by atoms with Crippen LogP contribution in [0.1, 0.15) is 5.56 Å². The highest BCUT2D eigenvalue weighted by Crippen LogP contribution is 2.09. The van der Waals surface area contributed by atoms with Gasteiger partial charge in [0.1, 0.15) is 0 Å². The fraction of sp³-hybridized carbons (Fsp3) is 0.125. The zero-order valence-electron chi connectivity index (χ0n) is 7.44. The van der Waals surface area contributed by atoms with Crippen molar-refractivity contribution in [1.29, 1.82) is 0 Å². The Morgan fingerprint density at radius 2 is 2.13 bits per heavy atom. The van der Waals surface area contributed by atoms with Crippen molar-refractivity contribution in [2.24, 2.45) is 0 Å². The van der Waals surface area contributed by atoms with Crippen molar-refractivity contribution in [3.05, 3.63) is 40.2 Å². The lowest BCUT2D eigenvalue weighted by atomic mass is 10.2. The number of aromatic nitrogens is 4. The first-order valence-electron chi connectivity index (χ1n) is 4.08. The number of H-pyrrole nitrogens is 1. The van der Waals surface area contributed by atoms with Crippen molar-refractivity contribution in [1.82, 2.24) is 20.2 Å². The average Bonchev–Trinajstić information content (AvgIpc) is 2.59. The topological polar surface area (TPSA) is 46.5 Å². The maximum Gasteiger partial charge on any atom is 0.238 e. The first-order valence-corrected chi connectivity index (χ1v) is 4.49. The van der Waals surface area contributed by atoms with Gasteiger partial charge in [-0.05, 0) is 29.9 Å². The van der Waals surface area contributed by atoms with E-state index >= 15 is 0 Å². The number of nitrogens with zero attached hydrogens (tertiary/aromatic N) is 3. The van der Waals surface area contributed by atoms with Gasteiger partial charge in [0.15, 0.2) is 11.6 Å². The molecule has 1 heterocycles. The molecule has 2 aromatic rings. The summed E-state index contributed by atoms with van der Waals surface area (Å²) in [6, 6.07) is 3.65. The SMILES string of the molecule is Fc1ccc(Cn2[nH]nnc2=S)cc1F. The van der Waals surface area contributed by atoms with Gasteiger partial charge in [0.2, 0.25) is 4.77 Å². The third kappa shape index (κ3) is 2.07. The number of halogens is 2. The molecule has 0 saturated heterocycles. The van der Waals surface area contributed by atoms with E-state index in [0.29, 0.717) is 5.56 Å². The molecule has 0 radical (unpaired) electrons. The number of hydrogen-bond acceptors (Lipinski definition) is 3. The second-order valence-electron chi connectivity index (χ2n) is 2.92. The Hall–Kier alpha value is -1.63. The molecule has 1 aromatic heterocycles. The normalized spacial score (nSPS) is 10.5. The first kappa shape index (κ1) is 9.91. The number of aromatic amines is 1. The predicted molar refractivity (Wildman–Crippen MR) is 50.7 cm³/mol. The van der Waals surface area contributed by atoms with Crippen molar-refractivity contribution >= 4 is 12.2 Å². The third-order valence-electron chi connectivity index (χ3n) is 1.86. The molecule has 2 rings (SSSR count). The van der Waals surface area contributed by atoms with Crippen molar-refractivity contribution in [2.45, 2.75) is 6.54 Å². The summed E-state index contributed by atoms with van der Waals surface area (Å²) in [6.07, 6.45) is 0. The van der Waals surface area contributed by atoms with Crippen LogP contribution in [0.5, 0.6) is 0 Å². The molecule has 0 unspecified atom stereocenters. The van der Waals surface area contributed by atoms with E-state index in [-0.39, 0.29) is 11.3 Å². The molecule has 0 aliphatic carbocycles. The molecule has 0 atom stereocenters. The molecule has 7 heteroatoms. The summed E-state index contributed by atoms with van der Waals surface area (Å²) in [5.41, 5.74) is 0.580. The second-order valence-corrected chi connectivity index (χ2v) is 3.28. The first-order chi connectivity index (χ1) is 7.16. The molecule has 0 amide bonds. The lowest BCUT2D eigenvalue weighted by Gasteiger charge is -2.01. The van der Waals surface area contributed by atoms with Gasteiger partial charge in [-0.15, -0.1) is 0 Å². The van der Waals surface area contributed by atoms with E-state index in [4.69, 9.17) is 12.2 Å². The molecule has 0 spiro atoms. The number of hydrogen-bond donors (Lipinski definition) is 1. The van der Waals surface area contributed by atoms with E-state index in [2.05, 4.69) is 15.5 Å². The Morgan fingerprint density at radius 1 is 1.33 bits per heavy atom. The van der Waals surface area contributed by atoms with Crippen LogP contribution in [0.25, 0.3) is 0 Å².